The number of hydrogen-bond acceptors (Lipinski definition) is 6. The molecule has 0 saturated carbocycles. The predicted octanol–water partition coefficient (Wildman–Crippen LogP) is -0.380. The Labute approximate surface area is 99.9 Å². The number of nitrogens with zero attached hydrogens (tertiary/aromatic N) is 2. The molecule has 0 unspecified atom stereocenters. The fourth-order valence-corrected chi connectivity index (χ4v) is 1.20. The zero-order valence-corrected chi connectivity index (χ0v) is 10.2. The van der Waals surface area contributed by atoms with E-state index in [0.29, 0.717) is 44.4 Å². The lowest BCUT2D eigenvalue weighted by molar-refractivity contribution is -0.121. The number of carbonyl (C=O) groups excluding carboxylic acids is 1. The summed E-state index contributed by atoms with van der Waals surface area (Å²) < 4.78 is 9.63. The quantitative estimate of drug-likeness (QED) is 0.604. The molecular formula is C10H18N4O3. The van der Waals surface area contributed by atoms with Gasteiger partial charge in [0.1, 0.15) is 0 Å². The van der Waals surface area contributed by atoms with Crippen LogP contribution < -0.4 is 10.6 Å². The molecule has 7 nitrogen and oxygen atoms in total. The van der Waals surface area contributed by atoms with Gasteiger partial charge in [-0.2, -0.15) is 4.98 Å². The Morgan fingerprint density at radius 1 is 1.47 bits per heavy atom. The lowest BCUT2D eigenvalue weighted by Gasteiger charge is -2.04. The molecule has 1 aromatic heterocycles. The van der Waals surface area contributed by atoms with Crippen LogP contribution in [0.25, 0.3) is 0 Å². The molecule has 0 aliphatic rings. The number of amides is 1. The fraction of sp³-hybridized carbons (Fsp3) is 0.700. The molecule has 0 spiro atoms. The first kappa shape index (κ1) is 13.6. The summed E-state index contributed by atoms with van der Waals surface area (Å²) >= 11 is 0. The summed E-state index contributed by atoms with van der Waals surface area (Å²) in [6.07, 6.45) is 0.417. The molecule has 1 aromatic rings. The summed E-state index contributed by atoms with van der Waals surface area (Å²) in [7, 11) is 1.60. The van der Waals surface area contributed by atoms with Crippen molar-refractivity contribution in [2.75, 3.05) is 26.8 Å². The van der Waals surface area contributed by atoms with E-state index in [9.17, 15) is 4.79 Å². The van der Waals surface area contributed by atoms with Crippen molar-refractivity contribution in [1.29, 1.82) is 0 Å². The number of carbonyl (C=O) groups is 1. The van der Waals surface area contributed by atoms with Crippen molar-refractivity contribution in [3.05, 3.63) is 11.7 Å². The molecule has 2 N–H and O–H groups in total. The molecular weight excluding hydrogens is 224 g/mol. The topological polar surface area (TPSA) is 89.3 Å². The molecule has 0 atom stereocenters. The summed E-state index contributed by atoms with van der Waals surface area (Å²) in [5, 5.41) is 9.52. The third-order valence-corrected chi connectivity index (χ3v) is 2.01. The largest absolute Gasteiger partial charge is 0.383 e. The van der Waals surface area contributed by atoms with E-state index in [2.05, 4.69) is 20.8 Å². The second kappa shape index (κ2) is 7.75. The smallest absolute Gasteiger partial charge is 0.223 e. The van der Waals surface area contributed by atoms with E-state index < -0.39 is 0 Å². The normalized spacial score (nSPS) is 10.5. The highest BCUT2D eigenvalue weighted by molar-refractivity contribution is 5.75. The number of hydrogen-bond donors (Lipinski definition) is 2. The van der Waals surface area contributed by atoms with Gasteiger partial charge in [0.2, 0.25) is 11.8 Å². The minimum absolute atomic E-state index is 0.00107. The van der Waals surface area contributed by atoms with Crippen LogP contribution in [0.2, 0.25) is 0 Å². The minimum atomic E-state index is -0.00107. The lowest BCUT2D eigenvalue weighted by Crippen LogP contribution is -2.30. The van der Waals surface area contributed by atoms with Gasteiger partial charge in [-0.3, -0.25) is 4.79 Å². The molecule has 17 heavy (non-hydrogen) atoms. The van der Waals surface area contributed by atoms with E-state index in [-0.39, 0.29) is 5.91 Å². The highest BCUT2D eigenvalue weighted by atomic mass is 16.5. The van der Waals surface area contributed by atoms with Crippen LogP contribution in [0, 0.1) is 6.92 Å². The van der Waals surface area contributed by atoms with Crippen molar-refractivity contribution < 1.29 is 14.1 Å². The average molecular weight is 242 g/mol. The Morgan fingerprint density at radius 3 is 2.94 bits per heavy atom. The van der Waals surface area contributed by atoms with Crippen LogP contribution in [-0.2, 0) is 16.1 Å². The van der Waals surface area contributed by atoms with E-state index in [1.807, 2.05) is 0 Å². The molecule has 0 aromatic carbocycles. The molecule has 0 fully saturated rings. The van der Waals surface area contributed by atoms with Gasteiger partial charge >= 0.3 is 0 Å². The van der Waals surface area contributed by atoms with Gasteiger partial charge in [0, 0.05) is 33.5 Å². The second-order valence-corrected chi connectivity index (χ2v) is 3.50. The van der Waals surface area contributed by atoms with Crippen LogP contribution in [0.15, 0.2) is 4.52 Å². The third kappa shape index (κ3) is 5.98. The second-order valence-electron chi connectivity index (χ2n) is 3.50. The summed E-state index contributed by atoms with van der Waals surface area (Å²) in [6, 6.07) is 0. The van der Waals surface area contributed by atoms with Gasteiger partial charge in [0.05, 0.1) is 13.2 Å². The number of rotatable bonds is 8. The monoisotopic (exact) mass is 242 g/mol. The first-order chi connectivity index (χ1) is 8.22. The van der Waals surface area contributed by atoms with Crippen LogP contribution in [0.4, 0.5) is 0 Å². The van der Waals surface area contributed by atoms with Gasteiger partial charge in [-0.25, -0.2) is 0 Å². The molecule has 0 radical (unpaired) electrons. The molecule has 0 bridgehead atoms. The molecule has 96 valence electrons. The van der Waals surface area contributed by atoms with E-state index in [4.69, 9.17) is 9.26 Å². The predicted molar refractivity (Wildman–Crippen MR) is 60.2 cm³/mol. The fourth-order valence-electron chi connectivity index (χ4n) is 1.20. The van der Waals surface area contributed by atoms with Crippen LogP contribution in [-0.4, -0.2) is 42.9 Å². The van der Waals surface area contributed by atoms with Gasteiger partial charge in [-0.05, 0) is 0 Å². The van der Waals surface area contributed by atoms with Gasteiger partial charge < -0.3 is 19.9 Å². The summed E-state index contributed by atoms with van der Waals surface area (Å²) in [6.45, 7) is 3.88. The molecule has 7 heteroatoms. The van der Waals surface area contributed by atoms with Gasteiger partial charge in [-0.1, -0.05) is 5.16 Å². The Morgan fingerprint density at radius 2 is 2.29 bits per heavy atom. The van der Waals surface area contributed by atoms with Crippen molar-refractivity contribution in [2.24, 2.45) is 0 Å². The Balaban J connectivity index is 2.02. The number of aromatic nitrogens is 2. The molecule has 1 amide bonds. The van der Waals surface area contributed by atoms with Crippen molar-refractivity contribution >= 4 is 5.91 Å². The standard InChI is InChI=1S/C10H18N4O3/c1-8-13-9(14-17-8)7-11-4-3-10(15)12-5-6-16-2/h11H,3-7H2,1-2H3,(H,12,15). The maximum Gasteiger partial charge on any atom is 0.223 e. The van der Waals surface area contributed by atoms with Crippen LogP contribution >= 0.6 is 0 Å². The van der Waals surface area contributed by atoms with E-state index in [1.54, 1.807) is 14.0 Å². The van der Waals surface area contributed by atoms with E-state index in [1.165, 1.54) is 0 Å². The summed E-state index contributed by atoms with van der Waals surface area (Å²) in [5.41, 5.74) is 0. The van der Waals surface area contributed by atoms with Gasteiger partial charge in [-0.15, -0.1) is 0 Å². The maximum atomic E-state index is 11.3. The lowest BCUT2D eigenvalue weighted by atomic mass is 10.4. The number of nitrogens with one attached hydrogen (secondary N) is 2. The molecule has 1 rings (SSSR count). The molecule has 1 heterocycles. The molecule has 0 saturated heterocycles. The van der Waals surface area contributed by atoms with Crippen LogP contribution in [0.1, 0.15) is 18.1 Å². The van der Waals surface area contributed by atoms with Crippen molar-refractivity contribution in [3.63, 3.8) is 0 Å². The number of aryl methyl sites for hydroxylation is 1. The molecule has 0 aliphatic heterocycles. The number of methoxy groups -OCH3 is 1. The van der Waals surface area contributed by atoms with Crippen LogP contribution in [0.5, 0.6) is 0 Å². The SMILES string of the molecule is COCCNC(=O)CCNCc1noc(C)n1. The zero-order chi connectivity index (χ0) is 12.5. The Bertz CT molecular complexity index is 340. The summed E-state index contributed by atoms with van der Waals surface area (Å²) in [4.78, 5) is 15.3. The van der Waals surface area contributed by atoms with Crippen molar-refractivity contribution in [1.82, 2.24) is 20.8 Å². The van der Waals surface area contributed by atoms with Crippen molar-refractivity contribution in [2.45, 2.75) is 19.9 Å². The minimum Gasteiger partial charge on any atom is -0.383 e. The molecule has 0 aliphatic carbocycles. The first-order valence-electron chi connectivity index (χ1n) is 5.48. The first-order valence-corrected chi connectivity index (χ1v) is 5.48. The van der Waals surface area contributed by atoms with Gasteiger partial charge in [0.15, 0.2) is 5.82 Å². The van der Waals surface area contributed by atoms with Gasteiger partial charge in [0.25, 0.3) is 0 Å². The average Bonchev–Trinajstić information content (AvgIpc) is 2.71. The third-order valence-electron chi connectivity index (χ3n) is 2.01. The zero-order valence-electron chi connectivity index (χ0n) is 10.2. The Hall–Kier alpha value is -1.47. The highest BCUT2D eigenvalue weighted by Gasteiger charge is 2.03. The Kier molecular flexibility index (Phi) is 6.19. The van der Waals surface area contributed by atoms with Crippen LogP contribution in [0.3, 0.4) is 0 Å². The van der Waals surface area contributed by atoms with Crippen molar-refractivity contribution in [3.8, 4) is 0 Å². The van der Waals surface area contributed by atoms with E-state index >= 15 is 0 Å². The number of ether oxygens (including phenoxy) is 1. The summed E-state index contributed by atoms with van der Waals surface area (Å²) in [5.74, 6) is 1.14. The maximum absolute atomic E-state index is 11.3. The van der Waals surface area contributed by atoms with E-state index in [0.717, 1.165) is 0 Å². The highest BCUT2D eigenvalue weighted by Crippen LogP contribution is 1.93.